The number of rotatable bonds is 5. The highest BCUT2D eigenvalue weighted by Crippen LogP contribution is 2.27. The van der Waals surface area contributed by atoms with Crippen molar-refractivity contribution in [2.24, 2.45) is 0 Å². The van der Waals surface area contributed by atoms with Crippen LogP contribution < -0.4 is 10.9 Å². The first-order valence-corrected chi connectivity index (χ1v) is 10.7. The van der Waals surface area contributed by atoms with Crippen molar-refractivity contribution < 1.29 is 9.32 Å². The van der Waals surface area contributed by atoms with Gasteiger partial charge in [0.15, 0.2) is 5.16 Å². The number of carbonyl (C=O) groups is 1. The van der Waals surface area contributed by atoms with Crippen molar-refractivity contribution in [3.63, 3.8) is 0 Å². The molecule has 0 saturated carbocycles. The van der Waals surface area contributed by atoms with Gasteiger partial charge in [-0.3, -0.25) is 19.5 Å². The first-order chi connectivity index (χ1) is 14.8. The minimum absolute atomic E-state index is 0.168. The van der Waals surface area contributed by atoms with Crippen LogP contribution in [0.15, 0.2) is 63.0 Å². The number of para-hydroxylation sites is 1. The van der Waals surface area contributed by atoms with Crippen LogP contribution in [0, 0.1) is 20.8 Å². The zero-order valence-corrected chi connectivity index (χ0v) is 18.5. The van der Waals surface area contributed by atoms with Crippen LogP contribution in [0.5, 0.6) is 0 Å². The number of hydrogen-bond donors (Lipinski definition) is 1. The Morgan fingerprint density at radius 1 is 1.13 bits per heavy atom. The molecule has 0 saturated heterocycles. The molecular weight excluding hydrogens is 412 g/mol. The lowest BCUT2D eigenvalue weighted by Crippen LogP contribution is -2.26. The fourth-order valence-corrected chi connectivity index (χ4v) is 4.24. The summed E-state index contributed by atoms with van der Waals surface area (Å²) in [6.07, 6.45) is 0. The van der Waals surface area contributed by atoms with Gasteiger partial charge in [-0.25, -0.2) is 4.98 Å². The van der Waals surface area contributed by atoms with Crippen LogP contribution in [-0.2, 0) is 4.79 Å². The van der Waals surface area contributed by atoms with E-state index in [9.17, 15) is 9.59 Å². The number of aryl methyl sites for hydroxylation is 3. The molecule has 2 aromatic heterocycles. The summed E-state index contributed by atoms with van der Waals surface area (Å²) in [5.41, 5.74) is 3.90. The molecule has 158 valence electrons. The van der Waals surface area contributed by atoms with E-state index in [1.165, 1.54) is 11.8 Å². The average molecular weight is 435 g/mol. The number of thioether (sulfide) groups is 1. The highest BCUT2D eigenvalue weighted by atomic mass is 32.2. The van der Waals surface area contributed by atoms with Gasteiger partial charge >= 0.3 is 0 Å². The number of carbonyl (C=O) groups excluding carboxylic acids is 1. The van der Waals surface area contributed by atoms with E-state index in [4.69, 9.17) is 9.51 Å². The second-order valence-electron chi connectivity index (χ2n) is 7.42. The summed E-state index contributed by atoms with van der Waals surface area (Å²) in [6, 6.07) is 14.8. The number of hydrogen-bond acceptors (Lipinski definition) is 6. The van der Waals surface area contributed by atoms with Crippen LogP contribution in [0.4, 0.5) is 5.88 Å². The number of benzene rings is 2. The maximum atomic E-state index is 13.4. The first kappa shape index (κ1) is 20.9. The van der Waals surface area contributed by atoms with E-state index in [0.717, 1.165) is 16.8 Å². The second kappa shape index (κ2) is 8.39. The van der Waals surface area contributed by atoms with Crippen molar-refractivity contribution in [3.05, 3.63) is 75.7 Å². The van der Waals surface area contributed by atoms with Crippen LogP contribution in [0.3, 0.4) is 0 Å². The number of anilines is 1. The average Bonchev–Trinajstić information content (AvgIpc) is 3.14. The summed E-state index contributed by atoms with van der Waals surface area (Å²) in [6.45, 7) is 7.50. The van der Waals surface area contributed by atoms with E-state index in [0.29, 0.717) is 21.8 Å². The van der Waals surface area contributed by atoms with E-state index in [2.05, 4.69) is 10.5 Å². The summed E-state index contributed by atoms with van der Waals surface area (Å²) < 4.78 is 6.66. The van der Waals surface area contributed by atoms with Crippen LogP contribution in [0.2, 0.25) is 0 Å². The molecule has 2 aromatic carbocycles. The van der Waals surface area contributed by atoms with Gasteiger partial charge in [-0.15, -0.1) is 0 Å². The largest absolute Gasteiger partial charge is 0.338 e. The smallest absolute Gasteiger partial charge is 0.266 e. The summed E-state index contributed by atoms with van der Waals surface area (Å²) in [5.74, 6) is 0.0175. The van der Waals surface area contributed by atoms with E-state index >= 15 is 0 Å². The zero-order chi connectivity index (χ0) is 22.1. The monoisotopic (exact) mass is 434 g/mol. The molecule has 2 heterocycles. The molecule has 4 rings (SSSR count). The van der Waals surface area contributed by atoms with Crippen molar-refractivity contribution in [2.75, 3.05) is 5.32 Å². The Morgan fingerprint density at radius 2 is 1.90 bits per heavy atom. The molecule has 4 aromatic rings. The van der Waals surface area contributed by atoms with Gasteiger partial charge in [0.05, 0.1) is 27.5 Å². The quantitative estimate of drug-likeness (QED) is 0.369. The van der Waals surface area contributed by atoms with E-state index < -0.39 is 5.25 Å². The minimum Gasteiger partial charge on any atom is -0.338 e. The van der Waals surface area contributed by atoms with Crippen LogP contribution >= 0.6 is 11.8 Å². The molecule has 31 heavy (non-hydrogen) atoms. The maximum absolute atomic E-state index is 13.4. The molecular formula is C23H22N4O3S. The van der Waals surface area contributed by atoms with Crippen molar-refractivity contribution in [3.8, 4) is 5.69 Å². The Labute approximate surface area is 183 Å². The summed E-state index contributed by atoms with van der Waals surface area (Å²) in [7, 11) is 0. The van der Waals surface area contributed by atoms with Crippen molar-refractivity contribution in [2.45, 2.75) is 38.1 Å². The van der Waals surface area contributed by atoms with Crippen molar-refractivity contribution in [1.82, 2.24) is 14.7 Å². The molecule has 1 amide bonds. The highest BCUT2D eigenvalue weighted by Gasteiger charge is 2.22. The van der Waals surface area contributed by atoms with Gasteiger partial charge in [-0.05, 0) is 51.5 Å². The Hall–Kier alpha value is -3.39. The minimum atomic E-state index is -0.532. The second-order valence-corrected chi connectivity index (χ2v) is 8.73. The third-order valence-corrected chi connectivity index (χ3v) is 5.92. The van der Waals surface area contributed by atoms with Crippen LogP contribution in [-0.4, -0.2) is 25.9 Å². The molecule has 0 spiro atoms. The maximum Gasteiger partial charge on any atom is 0.266 e. The number of aromatic nitrogens is 3. The normalized spacial score (nSPS) is 12.1. The van der Waals surface area contributed by atoms with Gasteiger partial charge in [0.25, 0.3) is 5.56 Å². The number of nitrogens with one attached hydrogen (secondary N) is 1. The Kier molecular flexibility index (Phi) is 5.65. The third-order valence-electron chi connectivity index (χ3n) is 4.86. The molecule has 0 bridgehead atoms. The molecule has 1 atom stereocenters. The lowest BCUT2D eigenvalue weighted by atomic mass is 10.1. The molecule has 8 heteroatoms. The lowest BCUT2D eigenvalue weighted by molar-refractivity contribution is -0.115. The van der Waals surface area contributed by atoms with E-state index in [1.54, 1.807) is 36.6 Å². The van der Waals surface area contributed by atoms with Crippen molar-refractivity contribution in [1.29, 1.82) is 0 Å². The summed E-state index contributed by atoms with van der Waals surface area (Å²) in [5, 5.41) is 6.93. The van der Waals surface area contributed by atoms with Crippen molar-refractivity contribution >= 4 is 34.5 Å². The molecule has 0 aliphatic carbocycles. The fourth-order valence-electron chi connectivity index (χ4n) is 3.32. The Balaban J connectivity index is 1.77. The Morgan fingerprint density at radius 3 is 2.61 bits per heavy atom. The predicted octanol–water partition coefficient (Wildman–Crippen LogP) is 4.42. The topological polar surface area (TPSA) is 90.0 Å². The van der Waals surface area contributed by atoms with E-state index in [1.807, 2.05) is 44.2 Å². The predicted molar refractivity (Wildman–Crippen MR) is 122 cm³/mol. The van der Waals surface area contributed by atoms with Gasteiger partial charge in [-0.2, -0.15) is 0 Å². The van der Waals surface area contributed by atoms with Gasteiger partial charge in [0.2, 0.25) is 11.8 Å². The third kappa shape index (κ3) is 4.25. The standard InChI is InChI=1S/C23H22N4O3S/c1-13-9-10-19(14(2)11-13)27-22(29)17-7-5-6-8-18(17)24-23(27)31-16(4)21(28)25-20-12-15(3)26-30-20/h5-12,16H,1-4H3,(H,25,28). The molecule has 1 unspecified atom stereocenters. The van der Waals surface area contributed by atoms with Gasteiger partial charge in [0.1, 0.15) is 0 Å². The molecule has 0 radical (unpaired) electrons. The molecule has 7 nitrogen and oxygen atoms in total. The number of nitrogens with zero attached hydrogens (tertiary/aromatic N) is 3. The lowest BCUT2D eigenvalue weighted by Gasteiger charge is -2.17. The zero-order valence-electron chi connectivity index (χ0n) is 17.7. The molecule has 1 N–H and O–H groups in total. The summed E-state index contributed by atoms with van der Waals surface area (Å²) in [4.78, 5) is 30.8. The van der Waals surface area contributed by atoms with Gasteiger partial charge < -0.3 is 4.52 Å². The first-order valence-electron chi connectivity index (χ1n) is 9.84. The van der Waals surface area contributed by atoms with Crippen LogP contribution in [0.1, 0.15) is 23.7 Å². The van der Waals surface area contributed by atoms with Gasteiger partial charge in [-0.1, -0.05) is 46.7 Å². The SMILES string of the molecule is Cc1ccc(-n2c(SC(C)C(=O)Nc3cc(C)no3)nc3ccccc3c2=O)c(C)c1. The van der Waals surface area contributed by atoms with Gasteiger partial charge in [0, 0.05) is 6.07 Å². The number of amides is 1. The number of fused-ring (bicyclic) bond motifs is 1. The van der Waals surface area contributed by atoms with Crippen LogP contribution in [0.25, 0.3) is 16.6 Å². The summed E-state index contributed by atoms with van der Waals surface area (Å²) >= 11 is 1.22. The fraction of sp³-hybridized carbons (Fsp3) is 0.217. The highest BCUT2D eigenvalue weighted by molar-refractivity contribution is 8.00. The van der Waals surface area contributed by atoms with E-state index in [-0.39, 0.29) is 17.4 Å². The molecule has 0 aliphatic heterocycles. The molecule has 0 aliphatic rings. The molecule has 0 fully saturated rings. The Bertz CT molecular complexity index is 1340.